The zero-order valence-electron chi connectivity index (χ0n) is 23.6. The van der Waals surface area contributed by atoms with Gasteiger partial charge in [-0.25, -0.2) is 18.1 Å². The first-order valence-electron chi connectivity index (χ1n) is 14.2. The van der Waals surface area contributed by atoms with Crippen molar-refractivity contribution in [2.45, 2.75) is 50.0 Å². The molecule has 3 N–H and O–H groups in total. The van der Waals surface area contributed by atoms with E-state index in [4.69, 9.17) is 16.3 Å². The van der Waals surface area contributed by atoms with E-state index < -0.39 is 10.0 Å². The third-order valence-corrected chi connectivity index (χ3v) is 9.44. The fraction of sp³-hybridized carbons (Fsp3) is 0.448. The zero-order valence-corrected chi connectivity index (χ0v) is 25.1. The van der Waals surface area contributed by atoms with Crippen LogP contribution in [0.3, 0.4) is 0 Å². The fourth-order valence-corrected chi connectivity index (χ4v) is 6.56. The van der Waals surface area contributed by atoms with Crippen LogP contribution >= 0.6 is 11.6 Å². The fourth-order valence-electron chi connectivity index (χ4n) is 5.54. The van der Waals surface area contributed by atoms with Crippen molar-refractivity contribution in [2.75, 3.05) is 55.4 Å². The average Bonchev–Trinajstić information content (AvgIpc) is 3.00. The molecule has 2 aliphatic heterocycles. The van der Waals surface area contributed by atoms with Gasteiger partial charge in [-0.2, -0.15) is 4.98 Å². The maximum absolute atomic E-state index is 12.5. The van der Waals surface area contributed by atoms with Gasteiger partial charge in [-0.15, -0.1) is 0 Å². The van der Waals surface area contributed by atoms with E-state index in [1.54, 1.807) is 18.2 Å². The van der Waals surface area contributed by atoms with Crippen molar-refractivity contribution in [3.63, 3.8) is 0 Å². The van der Waals surface area contributed by atoms with E-state index in [9.17, 15) is 8.42 Å². The molecule has 0 amide bonds. The van der Waals surface area contributed by atoms with Crippen molar-refractivity contribution in [3.05, 3.63) is 53.7 Å². The van der Waals surface area contributed by atoms with Crippen LogP contribution in [0, 0.1) is 0 Å². The van der Waals surface area contributed by atoms with E-state index in [1.807, 2.05) is 13.0 Å². The molecule has 12 heteroatoms. The highest BCUT2D eigenvalue weighted by molar-refractivity contribution is 7.89. The highest BCUT2D eigenvalue weighted by Crippen LogP contribution is 2.35. The summed E-state index contributed by atoms with van der Waals surface area (Å²) in [6.45, 7) is 7.01. The minimum absolute atomic E-state index is 0.0841. The summed E-state index contributed by atoms with van der Waals surface area (Å²) in [5.74, 6) is 1.28. The SMILES string of the molecule is CCOc1cc(N2CCC(N3CCCCC3)CC2)ccc1Nc1ncc(Cl)c(Nc2ccccc2S(=O)(=O)NC)n1. The Morgan fingerprint density at radius 3 is 2.49 bits per heavy atom. The van der Waals surface area contributed by atoms with Crippen molar-refractivity contribution in [2.24, 2.45) is 0 Å². The number of hydrogen-bond acceptors (Lipinski definition) is 9. The Balaban J connectivity index is 1.31. The highest BCUT2D eigenvalue weighted by atomic mass is 35.5. The topological polar surface area (TPSA) is 112 Å². The Hall–Kier alpha value is -3.12. The summed E-state index contributed by atoms with van der Waals surface area (Å²) in [6, 6.07) is 13.4. The first-order valence-corrected chi connectivity index (χ1v) is 16.1. The first-order chi connectivity index (χ1) is 19.9. The largest absolute Gasteiger partial charge is 0.492 e. The number of sulfonamides is 1. The second-order valence-electron chi connectivity index (χ2n) is 10.3. The summed E-state index contributed by atoms with van der Waals surface area (Å²) in [4.78, 5) is 14.1. The van der Waals surface area contributed by atoms with Gasteiger partial charge in [-0.05, 0) is 77.0 Å². The molecular formula is C29H38ClN7O3S. The molecule has 0 radical (unpaired) electrons. The van der Waals surface area contributed by atoms with Crippen LogP contribution in [-0.2, 0) is 10.0 Å². The second kappa shape index (κ2) is 13.2. The molecule has 2 aliphatic rings. The van der Waals surface area contributed by atoms with Crippen LogP contribution in [0.1, 0.15) is 39.0 Å². The molecule has 0 bridgehead atoms. The van der Waals surface area contributed by atoms with Crippen molar-refractivity contribution in [1.82, 2.24) is 19.6 Å². The Morgan fingerprint density at radius 1 is 1.00 bits per heavy atom. The number of aromatic nitrogens is 2. The lowest BCUT2D eigenvalue weighted by Gasteiger charge is -2.41. The van der Waals surface area contributed by atoms with Crippen LogP contribution in [0.4, 0.5) is 28.8 Å². The van der Waals surface area contributed by atoms with Gasteiger partial charge in [-0.1, -0.05) is 30.2 Å². The Bertz CT molecular complexity index is 1440. The molecule has 2 fully saturated rings. The molecule has 0 unspecified atom stereocenters. The monoisotopic (exact) mass is 599 g/mol. The molecule has 0 saturated carbocycles. The van der Waals surface area contributed by atoms with Gasteiger partial charge < -0.3 is 25.2 Å². The normalized spacial score (nSPS) is 16.9. The zero-order chi connectivity index (χ0) is 28.8. The van der Waals surface area contributed by atoms with Crippen molar-refractivity contribution in [1.29, 1.82) is 0 Å². The van der Waals surface area contributed by atoms with E-state index in [0.717, 1.165) is 24.5 Å². The third kappa shape index (κ3) is 7.03. The number of nitrogens with one attached hydrogen (secondary N) is 3. The number of para-hydroxylation sites is 1. The van der Waals surface area contributed by atoms with Gasteiger partial charge in [0, 0.05) is 30.9 Å². The molecule has 10 nitrogen and oxygen atoms in total. The van der Waals surface area contributed by atoms with Crippen molar-refractivity contribution in [3.8, 4) is 5.75 Å². The van der Waals surface area contributed by atoms with Gasteiger partial charge >= 0.3 is 0 Å². The summed E-state index contributed by atoms with van der Waals surface area (Å²) in [5, 5.41) is 6.54. The molecule has 2 saturated heterocycles. The van der Waals surface area contributed by atoms with E-state index in [0.29, 0.717) is 30.0 Å². The first kappa shape index (κ1) is 29.4. The van der Waals surface area contributed by atoms with Gasteiger partial charge in [0.2, 0.25) is 16.0 Å². The number of nitrogens with zero attached hydrogens (tertiary/aromatic N) is 4. The number of benzene rings is 2. The highest BCUT2D eigenvalue weighted by Gasteiger charge is 2.26. The molecule has 0 atom stereocenters. The standard InChI is InChI=1S/C29H38ClN7O3S/c1-3-40-26-19-22(37-17-13-21(14-18-37)36-15-7-4-8-16-36)11-12-24(26)34-29-32-20-23(30)28(35-29)33-25-9-5-6-10-27(25)41(38,39)31-2/h5-6,9-12,19-21,31H,3-4,7-8,13-18H2,1-2H3,(H2,32,33,34,35). The molecule has 0 spiro atoms. The summed E-state index contributed by atoms with van der Waals surface area (Å²) in [6.07, 6.45) is 7.84. The van der Waals surface area contributed by atoms with Crippen LogP contribution < -0.4 is 25.0 Å². The lowest BCUT2D eigenvalue weighted by molar-refractivity contribution is 0.141. The quantitative estimate of drug-likeness (QED) is 0.283. The van der Waals surface area contributed by atoms with Crippen molar-refractivity contribution >= 4 is 50.5 Å². The lowest BCUT2D eigenvalue weighted by atomic mass is 9.99. The average molecular weight is 600 g/mol. The number of ether oxygens (including phenoxy) is 1. The number of piperidine rings is 2. The number of halogens is 1. The van der Waals surface area contributed by atoms with E-state index in [1.165, 1.54) is 64.5 Å². The number of likely N-dealkylation sites (tertiary alicyclic amines) is 1. The van der Waals surface area contributed by atoms with E-state index in [-0.39, 0.29) is 15.7 Å². The van der Waals surface area contributed by atoms with Gasteiger partial charge in [0.15, 0.2) is 5.82 Å². The lowest BCUT2D eigenvalue weighted by Crippen LogP contribution is -2.46. The summed E-state index contributed by atoms with van der Waals surface area (Å²) >= 11 is 6.38. The molecular weight excluding hydrogens is 562 g/mol. The molecule has 5 rings (SSSR count). The van der Waals surface area contributed by atoms with Crippen LogP contribution in [-0.4, -0.2) is 69.2 Å². The van der Waals surface area contributed by atoms with Crippen LogP contribution in [0.5, 0.6) is 5.75 Å². The summed E-state index contributed by atoms with van der Waals surface area (Å²) in [7, 11) is -2.33. The number of anilines is 5. The Morgan fingerprint density at radius 2 is 1.76 bits per heavy atom. The number of hydrogen-bond donors (Lipinski definition) is 3. The second-order valence-corrected chi connectivity index (χ2v) is 12.5. The molecule has 3 aromatic rings. The maximum Gasteiger partial charge on any atom is 0.242 e. The van der Waals surface area contributed by atoms with Crippen LogP contribution in [0.2, 0.25) is 5.02 Å². The minimum Gasteiger partial charge on any atom is -0.492 e. The van der Waals surface area contributed by atoms with Gasteiger partial charge in [0.25, 0.3) is 0 Å². The van der Waals surface area contributed by atoms with Gasteiger partial charge in [0.05, 0.1) is 24.2 Å². The third-order valence-electron chi connectivity index (χ3n) is 7.69. The van der Waals surface area contributed by atoms with Gasteiger partial charge in [-0.3, -0.25) is 0 Å². The molecule has 0 aliphatic carbocycles. The molecule has 220 valence electrons. The van der Waals surface area contributed by atoms with Crippen LogP contribution in [0.25, 0.3) is 0 Å². The van der Waals surface area contributed by atoms with Crippen molar-refractivity contribution < 1.29 is 13.2 Å². The molecule has 2 aromatic carbocycles. The van der Waals surface area contributed by atoms with E-state index in [2.05, 4.69) is 47.3 Å². The minimum atomic E-state index is -3.69. The predicted octanol–water partition coefficient (Wildman–Crippen LogP) is 5.38. The van der Waals surface area contributed by atoms with Gasteiger partial charge in [0.1, 0.15) is 15.7 Å². The number of rotatable bonds is 10. The van der Waals surface area contributed by atoms with E-state index >= 15 is 0 Å². The smallest absolute Gasteiger partial charge is 0.242 e. The maximum atomic E-state index is 12.5. The predicted molar refractivity (Wildman–Crippen MR) is 165 cm³/mol. The molecule has 41 heavy (non-hydrogen) atoms. The van der Waals surface area contributed by atoms with Crippen LogP contribution in [0.15, 0.2) is 53.6 Å². The summed E-state index contributed by atoms with van der Waals surface area (Å²) < 4.78 is 33.3. The molecule has 3 heterocycles. The Labute approximate surface area is 247 Å². The molecule has 1 aromatic heterocycles. The Kier molecular flexibility index (Phi) is 9.49. The summed E-state index contributed by atoms with van der Waals surface area (Å²) in [5.41, 5.74) is 2.21.